The van der Waals surface area contributed by atoms with Crippen molar-refractivity contribution in [3.63, 3.8) is 0 Å². The van der Waals surface area contributed by atoms with Crippen LogP contribution < -0.4 is 0 Å². The van der Waals surface area contributed by atoms with Gasteiger partial charge in [0.2, 0.25) is 0 Å². The zero-order chi connectivity index (χ0) is 12.5. The Morgan fingerprint density at radius 2 is 2.06 bits per heavy atom. The van der Waals surface area contributed by atoms with Gasteiger partial charge in [0, 0.05) is 15.5 Å². The van der Waals surface area contributed by atoms with Gasteiger partial charge in [-0.1, -0.05) is 44.6 Å². The van der Waals surface area contributed by atoms with Gasteiger partial charge in [0.25, 0.3) is 0 Å². The van der Waals surface area contributed by atoms with E-state index in [1.807, 2.05) is 23.1 Å². The molecule has 1 aliphatic carbocycles. The smallest absolute Gasteiger partial charge is 0.0312 e. The van der Waals surface area contributed by atoms with E-state index in [9.17, 15) is 0 Å². The van der Waals surface area contributed by atoms with E-state index >= 15 is 0 Å². The normalized spacial score (nSPS) is 20.5. The Balaban J connectivity index is 2.10. The van der Waals surface area contributed by atoms with E-state index < -0.39 is 0 Å². The molecular weight excluding hydrogens is 244 g/mol. The largest absolute Gasteiger partial charge is 0.151 e. The second-order valence-electron chi connectivity index (χ2n) is 5.60. The molecule has 92 valence electrons. The van der Waals surface area contributed by atoms with Crippen LogP contribution in [0, 0.1) is 0 Å². The molecule has 0 fully saturated rings. The lowest BCUT2D eigenvalue weighted by Gasteiger charge is -2.21. The van der Waals surface area contributed by atoms with Crippen LogP contribution in [-0.2, 0) is 5.41 Å². The average Bonchev–Trinajstić information content (AvgIpc) is 2.69. The number of allylic oxidation sites excluding steroid dienone is 3. The maximum Gasteiger partial charge on any atom is 0.0312 e. The van der Waals surface area contributed by atoms with E-state index in [2.05, 4.69) is 56.7 Å². The summed E-state index contributed by atoms with van der Waals surface area (Å²) in [6, 6.07) is 0. The van der Waals surface area contributed by atoms with Gasteiger partial charge in [-0.25, -0.2) is 0 Å². The first-order valence-electron chi connectivity index (χ1n) is 6.05. The molecule has 0 aliphatic heterocycles. The second-order valence-corrected chi connectivity index (χ2v) is 7.62. The maximum absolute atomic E-state index is 2.34. The summed E-state index contributed by atoms with van der Waals surface area (Å²) in [7, 11) is 0. The summed E-state index contributed by atoms with van der Waals surface area (Å²) < 4.78 is 0. The van der Waals surface area contributed by atoms with E-state index in [0.717, 1.165) is 6.42 Å². The highest BCUT2D eigenvalue weighted by atomic mass is 32.2. The first-order chi connectivity index (χ1) is 7.97. The zero-order valence-corrected chi connectivity index (χ0v) is 12.6. The highest BCUT2D eigenvalue weighted by molar-refractivity contribution is 8.00. The molecule has 0 nitrogen and oxygen atoms in total. The summed E-state index contributed by atoms with van der Waals surface area (Å²) in [5, 5.41) is 5.20. The van der Waals surface area contributed by atoms with Crippen molar-refractivity contribution in [3.8, 4) is 0 Å². The first kappa shape index (κ1) is 13.0. The second kappa shape index (κ2) is 5.03. The molecule has 1 aliphatic rings. The fourth-order valence-corrected chi connectivity index (χ4v) is 4.45. The molecule has 0 aromatic carbocycles. The van der Waals surface area contributed by atoms with Crippen molar-refractivity contribution in [1.82, 2.24) is 0 Å². The molecule has 1 aromatic rings. The van der Waals surface area contributed by atoms with E-state index in [1.165, 1.54) is 16.0 Å². The molecule has 0 amide bonds. The molecule has 1 aromatic heterocycles. The Kier molecular flexibility index (Phi) is 3.84. The molecule has 2 rings (SSSR count). The highest BCUT2D eigenvalue weighted by Crippen LogP contribution is 2.39. The van der Waals surface area contributed by atoms with E-state index in [-0.39, 0.29) is 5.41 Å². The quantitative estimate of drug-likeness (QED) is 0.688. The number of rotatable bonds is 2. The molecule has 2 heteroatoms. The number of hydrogen-bond donors (Lipinski definition) is 0. The monoisotopic (exact) mass is 264 g/mol. The van der Waals surface area contributed by atoms with Crippen molar-refractivity contribution in [2.75, 3.05) is 0 Å². The predicted octanol–water partition coefficient (Wildman–Crippen LogP) is 5.41. The summed E-state index contributed by atoms with van der Waals surface area (Å²) >= 11 is 3.83. The lowest BCUT2D eigenvalue weighted by molar-refractivity contribution is 0.581. The summed E-state index contributed by atoms with van der Waals surface area (Å²) in [6.45, 7) is 9.04. The highest BCUT2D eigenvalue weighted by Gasteiger charge is 2.21. The minimum absolute atomic E-state index is 0.256. The van der Waals surface area contributed by atoms with Crippen LogP contribution in [0.25, 0.3) is 0 Å². The standard InChI is InChI=1S/C15H20S2/c1-11-5-7-12(8-6-11)17-14-10-16-9-13(14)15(2,3)4/h5-7,9-10,12H,8H2,1-4H3. The zero-order valence-electron chi connectivity index (χ0n) is 11.0. The van der Waals surface area contributed by atoms with Crippen LogP contribution in [0.1, 0.15) is 39.7 Å². The maximum atomic E-state index is 2.34. The Morgan fingerprint density at radius 3 is 2.65 bits per heavy atom. The van der Waals surface area contributed by atoms with Gasteiger partial charge in [-0.05, 0) is 29.7 Å². The molecular formula is C15H20S2. The minimum Gasteiger partial charge on any atom is -0.151 e. The third kappa shape index (κ3) is 3.26. The van der Waals surface area contributed by atoms with Gasteiger partial charge >= 0.3 is 0 Å². The van der Waals surface area contributed by atoms with Crippen molar-refractivity contribution >= 4 is 23.1 Å². The molecule has 1 heterocycles. The summed E-state index contributed by atoms with van der Waals surface area (Å²) in [4.78, 5) is 1.46. The number of thioether (sulfide) groups is 1. The SMILES string of the molecule is CC1=CCC(Sc2cscc2C(C)(C)C)C=C1. The molecule has 0 saturated carbocycles. The number of hydrogen-bond acceptors (Lipinski definition) is 2. The Hall–Kier alpha value is -0.470. The Bertz CT molecular complexity index is 444. The van der Waals surface area contributed by atoms with Crippen molar-refractivity contribution in [2.24, 2.45) is 0 Å². The predicted molar refractivity (Wildman–Crippen MR) is 80.2 cm³/mol. The van der Waals surface area contributed by atoms with Gasteiger partial charge in [-0.3, -0.25) is 0 Å². The topological polar surface area (TPSA) is 0 Å². The van der Waals surface area contributed by atoms with Gasteiger partial charge < -0.3 is 0 Å². The lowest BCUT2D eigenvalue weighted by Crippen LogP contribution is -2.11. The molecule has 0 saturated heterocycles. The third-order valence-electron chi connectivity index (χ3n) is 2.96. The van der Waals surface area contributed by atoms with Crippen LogP contribution in [0.2, 0.25) is 0 Å². The van der Waals surface area contributed by atoms with Crippen LogP contribution in [0.4, 0.5) is 0 Å². The molecule has 0 bridgehead atoms. The molecule has 17 heavy (non-hydrogen) atoms. The van der Waals surface area contributed by atoms with Gasteiger partial charge in [-0.15, -0.1) is 11.8 Å². The van der Waals surface area contributed by atoms with E-state index in [0.29, 0.717) is 5.25 Å². The van der Waals surface area contributed by atoms with Crippen molar-refractivity contribution in [2.45, 2.75) is 49.7 Å². The van der Waals surface area contributed by atoms with Gasteiger partial charge in [0.05, 0.1) is 0 Å². The van der Waals surface area contributed by atoms with Crippen LogP contribution in [0.15, 0.2) is 39.5 Å². The molecule has 0 radical (unpaired) electrons. The molecule has 0 N–H and O–H groups in total. The van der Waals surface area contributed by atoms with Gasteiger partial charge in [0.1, 0.15) is 0 Å². The third-order valence-corrected chi connectivity index (χ3v) is 5.10. The fourth-order valence-electron chi connectivity index (χ4n) is 1.88. The van der Waals surface area contributed by atoms with Crippen LogP contribution in [-0.4, -0.2) is 5.25 Å². The van der Waals surface area contributed by atoms with Crippen LogP contribution >= 0.6 is 23.1 Å². The number of thiophene rings is 1. The van der Waals surface area contributed by atoms with Crippen LogP contribution in [0.5, 0.6) is 0 Å². The van der Waals surface area contributed by atoms with Crippen molar-refractivity contribution in [3.05, 3.63) is 40.1 Å². The van der Waals surface area contributed by atoms with E-state index in [1.54, 1.807) is 0 Å². The molecule has 0 spiro atoms. The Labute approximate surface area is 113 Å². The Morgan fingerprint density at radius 1 is 1.29 bits per heavy atom. The lowest BCUT2D eigenvalue weighted by atomic mass is 9.89. The minimum atomic E-state index is 0.256. The summed E-state index contributed by atoms with van der Waals surface area (Å²) in [5.74, 6) is 0. The fraction of sp³-hybridized carbons (Fsp3) is 0.467. The summed E-state index contributed by atoms with van der Waals surface area (Å²) in [5.41, 5.74) is 3.14. The van der Waals surface area contributed by atoms with Crippen molar-refractivity contribution < 1.29 is 0 Å². The average molecular weight is 264 g/mol. The van der Waals surface area contributed by atoms with Gasteiger partial charge in [-0.2, -0.15) is 11.3 Å². The van der Waals surface area contributed by atoms with Gasteiger partial charge in [0.15, 0.2) is 0 Å². The van der Waals surface area contributed by atoms with E-state index in [4.69, 9.17) is 0 Å². The van der Waals surface area contributed by atoms with Crippen molar-refractivity contribution in [1.29, 1.82) is 0 Å². The first-order valence-corrected chi connectivity index (χ1v) is 7.87. The van der Waals surface area contributed by atoms with Crippen LogP contribution in [0.3, 0.4) is 0 Å². The molecule has 1 atom stereocenters. The molecule has 1 unspecified atom stereocenters. The summed E-state index contributed by atoms with van der Waals surface area (Å²) in [6.07, 6.45) is 8.07.